The summed E-state index contributed by atoms with van der Waals surface area (Å²) >= 11 is 0. The van der Waals surface area contributed by atoms with Crippen molar-refractivity contribution >= 4 is 67.6 Å². The number of alkyl carbamates (subject to hydrolysis) is 2. The zero-order valence-electron chi connectivity index (χ0n) is 34.4. The molecule has 4 heterocycles. The molecule has 0 saturated carbocycles. The Balaban J connectivity index is 0.999. The van der Waals surface area contributed by atoms with E-state index in [9.17, 15) is 19.2 Å². The predicted molar refractivity (Wildman–Crippen MR) is 232 cm³/mol. The fourth-order valence-electron chi connectivity index (χ4n) is 9.37. The van der Waals surface area contributed by atoms with Gasteiger partial charge in [-0.05, 0) is 83.3 Å². The second kappa shape index (κ2) is 16.6. The molecule has 61 heavy (non-hydrogen) atoms. The third-order valence-electron chi connectivity index (χ3n) is 12.4. The van der Waals surface area contributed by atoms with Crippen molar-refractivity contribution in [1.29, 1.82) is 0 Å². The summed E-state index contributed by atoms with van der Waals surface area (Å²) in [4.78, 5) is 72.5. The third kappa shape index (κ3) is 7.47. The molecule has 14 nitrogen and oxygen atoms in total. The van der Waals surface area contributed by atoms with E-state index < -0.39 is 18.2 Å². The van der Waals surface area contributed by atoms with Gasteiger partial charge in [0.25, 0.3) is 5.91 Å². The van der Waals surface area contributed by atoms with Gasteiger partial charge in [-0.25, -0.2) is 19.6 Å². The molecule has 9 rings (SSSR count). The van der Waals surface area contributed by atoms with Gasteiger partial charge in [0.05, 0.1) is 48.4 Å². The molecule has 0 spiro atoms. The zero-order chi connectivity index (χ0) is 42.2. The van der Waals surface area contributed by atoms with Crippen molar-refractivity contribution in [2.75, 3.05) is 33.9 Å². The average Bonchev–Trinajstić information content (AvgIpc) is 4.08. The molecule has 2 saturated heterocycles. The number of fused-ring (bicyclic) bond motifs is 6. The van der Waals surface area contributed by atoms with Crippen LogP contribution in [0.3, 0.4) is 0 Å². The Bertz CT molecular complexity index is 2800. The molecule has 4 amide bonds. The van der Waals surface area contributed by atoms with Crippen LogP contribution in [-0.2, 0) is 19.1 Å². The van der Waals surface area contributed by atoms with Crippen LogP contribution in [0.2, 0.25) is 0 Å². The van der Waals surface area contributed by atoms with Gasteiger partial charge in [-0.3, -0.25) is 9.59 Å². The van der Waals surface area contributed by atoms with Crippen LogP contribution < -0.4 is 10.6 Å². The number of likely N-dealkylation sites (tertiary alicyclic amines) is 2. The zero-order valence-corrected chi connectivity index (χ0v) is 34.4. The van der Waals surface area contributed by atoms with Crippen molar-refractivity contribution < 1.29 is 28.7 Å². The molecular formula is C47H48N8O6. The van der Waals surface area contributed by atoms with Crippen molar-refractivity contribution in [2.24, 2.45) is 5.92 Å². The summed E-state index contributed by atoms with van der Waals surface area (Å²) in [5.41, 5.74) is 6.30. The minimum atomic E-state index is -0.905. The second-order valence-corrected chi connectivity index (χ2v) is 15.9. The molecule has 5 aromatic carbocycles. The molecule has 4 N–H and O–H groups in total. The normalized spacial score (nSPS) is 18.4. The number of hydrogen-bond acceptors (Lipinski definition) is 8. The first-order valence-electron chi connectivity index (χ1n) is 20.9. The first kappa shape index (κ1) is 39.5. The number of imidazole rings is 2. The Kier molecular flexibility index (Phi) is 10.7. The Morgan fingerprint density at radius 3 is 1.98 bits per heavy atom. The number of piperidine rings is 1. The van der Waals surface area contributed by atoms with Crippen molar-refractivity contribution in [1.82, 2.24) is 40.4 Å². The van der Waals surface area contributed by atoms with E-state index in [-0.39, 0.29) is 36.4 Å². The number of amides is 4. The highest BCUT2D eigenvalue weighted by molar-refractivity contribution is 6.07. The highest BCUT2D eigenvalue weighted by Crippen LogP contribution is 2.41. The van der Waals surface area contributed by atoms with Gasteiger partial charge >= 0.3 is 12.2 Å². The number of H-pyrrole nitrogens is 2. The summed E-state index contributed by atoms with van der Waals surface area (Å²) in [6.07, 6.45) is 3.01. The number of nitrogens with one attached hydrogen (secondary N) is 4. The van der Waals surface area contributed by atoms with Gasteiger partial charge in [0, 0.05) is 23.9 Å². The molecule has 2 aliphatic heterocycles. The second-order valence-electron chi connectivity index (χ2n) is 15.9. The molecular weight excluding hydrogens is 773 g/mol. The lowest BCUT2D eigenvalue weighted by molar-refractivity contribution is -0.139. The first-order chi connectivity index (χ1) is 29.7. The smallest absolute Gasteiger partial charge is 0.407 e. The SMILES string of the molecule is CC[C@@H]1CCCN(C(=O)[C@H](NC(=O)OC)c2ccccc2)[C@@H]1c1nc2c(ccc3cc(-c4ccc5c(ccc6[nH]c([C@@H]7CCCN7C(=O)CNC(=O)OC)nc65)c4)ccc32)[nH]1. The van der Waals surface area contributed by atoms with Gasteiger partial charge in [0.1, 0.15) is 24.2 Å². The maximum atomic E-state index is 14.5. The van der Waals surface area contributed by atoms with E-state index in [1.807, 2.05) is 41.3 Å². The molecule has 7 aromatic rings. The van der Waals surface area contributed by atoms with Crippen LogP contribution in [-0.4, -0.2) is 87.6 Å². The van der Waals surface area contributed by atoms with Crippen LogP contribution in [0.1, 0.15) is 74.4 Å². The number of carbonyl (C=O) groups excluding carboxylic acids is 4. The number of aromatic nitrogens is 4. The van der Waals surface area contributed by atoms with E-state index in [0.29, 0.717) is 18.7 Å². The number of aromatic amines is 2. The molecule has 0 unspecified atom stereocenters. The summed E-state index contributed by atoms with van der Waals surface area (Å²) in [6.45, 7) is 3.16. The lowest BCUT2D eigenvalue weighted by Gasteiger charge is -2.41. The van der Waals surface area contributed by atoms with Gasteiger partial charge in [-0.2, -0.15) is 0 Å². The monoisotopic (exact) mass is 820 g/mol. The van der Waals surface area contributed by atoms with Crippen LogP contribution in [0.4, 0.5) is 9.59 Å². The summed E-state index contributed by atoms with van der Waals surface area (Å²) in [7, 11) is 2.57. The van der Waals surface area contributed by atoms with Gasteiger partial charge in [-0.15, -0.1) is 0 Å². The van der Waals surface area contributed by atoms with Crippen molar-refractivity contribution in [3.63, 3.8) is 0 Å². The summed E-state index contributed by atoms with van der Waals surface area (Å²) in [6, 6.07) is 29.0. The number of nitrogens with zero attached hydrogens (tertiary/aromatic N) is 4. The molecule has 312 valence electrons. The maximum absolute atomic E-state index is 14.5. The summed E-state index contributed by atoms with van der Waals surface area (Å²) < 4.78 is 9.54. The lowest BCUT2D eigenvalue weighted by Crippen LogP contribution is -2.48. The van der Waals surface area contributed by atoms with Crippen molar-refractivity contribution in [2.45, 2.75) is 57.2 Å². The Hall–Kier alpha value is -6.96. The largest absolute Gasteiger partial charge is 0.453 e. The van der Waals surface area contributed by atoms with Crippen LogP contribution in [0, 0.1) is 5.92 Å². The van der Waals surface area contributed by atoms with Gasteiger partial charge in [-0.1, -0.05) is 80.1 Å². The fraction of sp³-hybridized carbons (Fsp3) is 0.319. The number of methoxy groups -OCH3 is 2. The molecule has 0 aliphatic carbocycles. The number of carbonyl (C=O) groups is 4. The first-order valence-corrected chi connectivity index (χ1v) is 20.9. The minimum absolute atomic E-state index is 0.132. The maximum Gasteiger partial charge on any atom is 0.407 e. The molecule has 2 aliphatic rings. The predicted octanol–water partition coefficient (Wildman–Crippen LogP) is 8.22. The van der Waals surface area contributed by atoms with E-state index in [0.717, 1.165) is 98.5 Å². The summed E-state index contributed by atoms with van der Waals surface area (Å²) in [5, 5.41) is 9.38. The van der Waals surface area contributed by atoms with E-state index in [1.165, 1.54) is 14.2 Å². The van der Waals surface area contributed by atoms with E-state index in [2.05, 4.69) is 86.9 Å². The molecule has 14 heteroatoms. The molecule has 4 atom stereocenters. The van der Waals surface area contributed by atoms with Crippen LogP contribution in [0.15, 0.2) is 91.0 Å². The van der Waals surface area contributed by atoms with Crippen molar-refractivity contribution in [3.05, 3.63) is 108 Å². The molecule has 2 fully saturated rings. The Morgan fingerprint density at radius 2 is 1.34 bits per heavy atom. The minimum Gasteiger partial charge on any atom is -0.453 e. The number of ether oxygens (including phenoxy) is 2. The number of benzene rings is 5. The highest BCUT2D eigenvalue weighted by atomic mass is 16.5. The van der Waals surface area contributed by atoms with Crippen LogP contribution in [0.25, 0.3) is 54.7 Å². The quantitative estimate of drug-likeness (QED) is 0.113. The van der Waals surface area contributed by atoms with Crippen LogP contribution in [0.5, 0.6) is 0 Å². The van der Waals surface area contributed by atoms with E-state index >= 15 is 0 Å². The molecule has 0 radical (unpaired) electrons. The highest BCUT2D eigenvalue weighted by Gasteiger charge is 2.40. The standard InChI is InChI=1S/C47H48N8O6/c1-4-27-12-8-23-55(45(57)39(53-47(59)61-3)28-10-6-5-7-11-28)42(27)44-50-36-21-17-32-25-30(15-19-34(32)41(36)52-44)29-14-18-33-31(24-29)16-20-35-40(33)51-43(49-35)37-13-9-22-54(37)38(56)26-48-46(58)60-2/h5-7,10-11,14-21,24-25,27,37,39,42H,4,8-9,12-13,22-23,26H2,1-3H3,(H,48,58)(H,49,51)(H,50,52)(H,53,59)/t27-,37+,39-,42+/m1/s1. The van der Waals surface area contributed by atoms with Gasteiger partial charge < -0.3 is 39.9 Å². The fourth-order valence-corrected chi connectivity index (χ4v) is 9.37. The van der Waals surface area contributed by atoms with E-state index in [4.69, 9.17) is 14.7 Å². The molecule has 2 aromatic heterocycles. The Labute approximate surface area is 352 Å². The summed E-state index contributed by atoms with van der Waals surface area (Å²) in [5.74, 6) is 1.27. The van der Waals surface area contributed by atoms with Gasteiger partial charge in [0.2, 0.25) is 5.91 Å². The van der Waals surface area contributed by atoms with Crippen molar-refractivity contribution in [3.8, 4) is 11.1 Å². The Morgan fingerprint density at radius 1 is 0.738 bits per heavy atom. The number of hydrogen-bond donors (Lipinski definition) is 4. The number of rotatable bonds is 9. The van der Waals surface area contributed by atoms with Crippen LogP contribution >= 0.6 is 0 Å². The average molecular weight is 821 g/mol. The third-order valence-corrected chi connectivity index (χ3v) is 12.4. The lowest BCUT2D eigenvalue weighted by atomic mass is 9.85. The molecule has 0 bridgehead atoms. The topological polar surface area (TPSA) is 175 Å². The van der Waals surface area contributed by atoms with Gasteiger partial charge in [0.15, 0.2) is 0 Å². The van der Waals surface area contributed by atoms with E-state index in [1.54, 1.807) is 4.90 Å².